The van der Waals surface area contributed by atoms with Gasteiger partial charge >= 0.3 is 0 Å². The van der Waals surface area contributed by atoms with Gasteiger partial charge in [-0.25, -0.2) is 0 Å². The summed E-state index contributed by atoms with van der Waals surface area (Å²) < 4.78 is 55.5. The van der Waals surface area contributed by atoms with Crippen LogP contribution in [-0.2, 0) is 59.6 Å². The highest BCUT2D eigenvalue weighted by Gasteiger charge is 2.52. The first-order chi connectivity index (χ1) is 26.4. The van der Waals surface area contributed by atoms with Crippen LogP contribution in [0.25, 0.3) is 0 Å². The molecule has 3 N–H and O–H groups in total. The number of hydrogen-bond donors (Lipinski definition) is 3. The Labute approximate surface area is 316 Å². The van der Waals surface area contributed by atoms with Crippen molar-refractivity contribution < 1.29 is 58.0 Å². The van der Waals surface area contributed by atoms with Crippen LogP contribution in [0.2, 0.25) is 0 Å². The van der Waals surface area contributed by atoms with Gasteiger partial charge < -0.3 is 58.0 Å². The molecule has 12 heteroatoms. The molecular weight excluding hydrogens is 696 g/mol. The van der Waals surface area contributed by atoms with Crippen molar-refractivity contribution in [3.8, 4) is 11.5 Å². The van der Waals surface area contributed by atoms with E-state index in [1.807, 2.05) is 109 Å². The van der Waals surface area contributed by atoms with Crippen LogP contribution in [0, 0.1) is 0 Å². The molecule has 0 radical (unpaired) electrons. The molecule has 0 unspecified atom stereocenters. The van der Waals surface area contributed by atoms with Crippen LogP contribution in [-0.4, -0.2) is 97.6 Å². The molecule has 2 aliphatic rings. The molecule has 4 aromatic carbocycles. The van der Waals surface area contributed by atoms with Crippen molar-refractivity contribution in [2.75, 3.05) is 20.8 Å². The van der Waals surface area contributed by atoms with E-state index in [0.717, 1.165) is 22.3 Å². The van der Waals surface area contributed by atoms with Crippen LogP contribution < -0.4 is 9.47 Å². The highest BCUT2D eigenvalue weighted by molar-refractivity contribution is 5.27. The average molecular weight is 747 g/mol. The van der Waals surface area contributed by atoms with Crippen LogP contribution in [0.5, 0.6) is 11.5 Å². The van der Waals surface area contributed by atoms with Crippen LogP contribution in [0.4, 0.5) is 0 Å². The summed E-state index contributed by atoms with van der Waals surface area (Å²) in [5.74, 6) is 1.39. The Kier molecular flexibility index (Phi) is 14.4. The maximum Gasteiger partial charge on any atom is 0.187 e. The van der Waals surface area contributed by atoms with Gasteiger partial charge in [0, 0.05) is 0 Å². The summed E-state index contributed by atoms with van der Waals surface area (Å²) >= 11 is 0. The summed E-state index contributed by atoms with van der Waals surface area (Å²) in [7, 11) is 3.19. The molecule has 290 valence electrons. The fraction of sp³-hybridized carbons (Fsp3) is 0.429. The molecular formula is C42H50O12. The van der Waals surface area contributed by atoms with Crippen molar-refractivity contribution in [2.24, 2.45) is 0 Å². The van der Waals surface area contributed by atoms with Crippen molar-refractivity contribution in [1.29, 1.82) is 0 Å². The predicted molar refractivity (Wildman–Crippen MR) is 196 cm³/mol. The van der Waals surface area contributed by atoms with Crippen molar-refractivity contribution >= 4 is 0 Å². The van der Waals surface area contributed by atoms with Crippen molar-refractivity contribution in [1.82, 2.24) is 0 Å². The zero-order valence-corrected chi connectivity index (χ0v) is 30.7. The Morgan fingerprint density at radius 3 is 1.44 bits per heavy atom. The third kappa shape index (κ3) is 10.2. The minimum absolute atomic E-state index is 0.103. The van der Waals surface area contributed by atoms with Gasteiger partial charge in [0.15, 0.2) is 12.6 Å². The van der Waals surface area contributed by atoms with Crippen LogP contribution in [0.15, 0.2) is 109 Å². The number of rotatable bonds is 17. The van der Waals surface area contributed by atoms with E-state index in [1.165, 1.54) is 0 Å². The standard InChI is InChI=1S/C42H50O12/c1-27-36(48-23-28-10-6-4-7-11-28)38(39(41(45)52-27)50-24-29-12-8-5-9-13-29)54-42-40(51-26-31-16-20-33(47-3)21-17-31)37(35(44)34(22-43)53-42)49-25-30-14-18-32(46-2)19-15-30/h4-21,27,34-45H,22-26H2,1-3H3/t27-,34+,35-,36-,37-,38+,39+,40+,41+,42+/m0/s1. The van der Waals surface area contributed by atoms with Gasteiger partial charge in [-0.2, -0.15) is 0 Å². The fourth-order valence-electron chi connectivity index (χ4n) is 6.59. The molecule has 0 spiro atoms. The van der Waals surface area contributed by atoms with E-state index < -0.39 is 68.0 Å². The zero-order chi connectivity index (χ0) is 37.9. The molecule has 4 aromatic rings. The van der Waals surface area contributed by atoms with Gasteiger partial charge in [0.25, 0.3) is 0 Å². The molecule has 0 aromatic heterocycles. The lowest BCUT2D eigenvalue weighted by Gasteiger charge is -2.48. The number of hydrogen-bond acceptors (Lipinski definition) is 12. The first-order valence-electron chi connectivity index (χ1n) is 18.1. The second-order valence-electron chi connectivity index (χ2n) is 13.3. The van der Waals surface area contributed by atoms with E-state index >= 15 is 0 Å². The molecule has 0 aliphatic carbocycles. The summed E-state index contributed by atoms with van der Waals surface area (Å²) in [5.41, 5.74) is 3.47. The minimum Gasteiger partial charge on any atom is -0.497 e. The lowest BCUT2D eigenvalue weighted by molar-refractivity contribution is -0.369. The largest absolute Gasteiger partial charge is 0.497 e. The molecule has 0 saturated carbocycles. The third-order valence-corrected chi connectivity index (χ3v) is 9.61. The van der Waals surface area contributed by atoms with E-state index in [9.17, 15) is 15.3 Å². The Morgan fingerprint density at radius 2 is 0.963 bits per heavy atom. The van der Waals surface area contributed by atoms with Gasteiger partial charge in [0.05, 0.1) is 53.4 Å². The quantitative estimate of drug-likeness (QED) is 0.140. The van der Waals surface area contributed by atoms with Crippen molar-refractivity contribution in [3.63, 3.8) is 0 Å². The highest BCUT2D eigenvalue weighted by Crippen LogP contribution is 2.35. The van der Waals surface area contributed by atoms with E-state index in [0.29, 0.717) is 11.5 Å². The molecule has 0 bridgehead atoms. The van der Waals surface area contributed by atoms with E-state index in [2.05, 4.69) is 0 Å². The normalized spacial score (nSPS) is 28.4. The molecule has 2 saturated heterocycles. The molecule has 2 heterocycles. The number of methoxy groups -OCH3 is 2. The first-order valence-corrected chi connectivity index (χ1v) is 18.1. The second-order valence-corrected chi connectivity index (χ2v) is 13.3. The van der Waals surface area contributed by atoms with E-state index in [4.69, 9.17) is 42.6 Å². The number of ether oxygens (including phenoxy) is 9. The molecule has 2 fully saturated rings. The summed E-state index contributed by atoms with van der Waals surface area (Å²) in [6.07, 6.45) is -10.4. The Bertz CT molecular complexity index is 1600. The summed E-state index contributed by atoms with van der Waals surface area (Å²) in [4.78, 5) is 0. The van der Waals surface area contributed by atoms with Crippen molar-refractivity contribution in [2.45, 2.75) is 94.8 Å². The SMILES string of the molecule is COc1ccc(CO[C@H]2[C@@H](O[C@@H]3[C@@H](OCc4ccccc4)[C@H](C)O[C@@H](O)[C@@H]3OCc3ccccc3)O[C@H](CO)[C@H](O)[C@@H]2OCc2ccc(OC)cc2)cc1. The van der Waals surface area contributed by atoms with E-state index in [1.54, 1.807) is 21.1 Å². The Balaban J connectivity index is 1.31. The van der Waals surface area contributed by atoms with Crippen LogP contribution in [0.1, 0.15) is 29.2 Å². The lowest BCUT2D eigenvalue weighted by atomic mass is 9.96. The smallest absolute Gasteiger partial charge is 0.187 e. The Hall–Kier alpha value is -3.92. The zero-order valence-electron chi connectivity index (χ0n) is 30.7. The van der Waals surface area contributed by atoms with Gasteiger partial charge in [0.1, 0.15) is 54.2 Å². The minimum atomic E-state index is -1.38. The summed E-state index contributed by atoms with van der Waals surface area (Å²) in [5, 5.41) is 33.3. The van der Waals surface area contributed by atoms with E-state index in [-0.39, 0.29) is 26.4 Å². The van der Waals surface area contributed by atoms with Gasteiger partial charge in [0.2, 0.25) is 0 Å². The fourth-order valence-corrected chi connectivity index (χ4v) is 6.59. The lowest BCUT2D eigenvalue weighted by Crippen LogP contribution is -2.65. The third-order valence-electron chi connectivity index (χ3n) is 9.61. The maximum atomic E-state index is 11.6. The summed E-state index contributed by atoms with van der Waals surface area (Å²) in [6.45, 7) is 1.87. The Morgan fingerprint density at radius 1 is 0.519 bits per heavy atom. The predicted octanol–water partition coefficient (Wildman–Crippen LogP) is 4.55. The molecule has 0 amide bonds. The maximum absolute atomic E-state index is 11.6. The molecule has 6 rings (SSSR count). The average Bonchev–Trinajstić information content (AvgIpc) is 3.21. The van der Waals surface area contributed by atoms with Crippen LogP contribution >= 0.6 is 0 Å². The van der Waals surface area contributed by atoms with Gasteiger partial charge in [-0.05, 0) is 53.4 Å². The second kappa shape index (κ2) is 19.6. The monoisotopic (exact) mass is 746 g/mol. The summed E-state index contributed by atoms with van der Waals surface area (Å²) in [6, 6.07) is 34.0. The van der Waals surface area contributed by atoms with Crippen molar-refractivity contribution in [3.05, 3.63) is 131 Å². The van der Waals surface area contributed by atoms with Gasteiger partial charge in [-0.15, -0.1) is 0 Å². The number of aliphatic hydroxyl groups is 3. The molecule has 12 nitrogen and oxygen atoms in total. The number of benzene rings is 4. The molecule has 54 heavy (non-hydrogen) atoms. The highest BCUT2D eigenvalue weighted by atomic mass is 16.7. The van der Waals surface area contributed by atoms with Gasteiger partial charge in [-0.3, -0.25) is 0 Å². The number of aliphatic hydroxyl groups excluding tert-OH is 3. The first kappa shape index (κ1) is 39.8. The van der Waals surface area contributed by atoms with Gasteiger partial charge in [-0.1, -0.05) is 84.9 Å². The molecule has 10 atom stereocenters. The molecule has 2 aliphatic heterocycles. The van der Waals surface area contributed by atoms with Crippen LogP contribution in [0.3, 0.4) is 0 Å². The topological polar surface area (TPSA) is 144 Å².